The highest BCUT2D eigenvalue weighted by molar-refractivity contribution is 5.83. The second kappa shape index (κ2) is 8.35. The minimum atomic E-state index is -1.77. The molecule has 2 aromatic rings. The summed E-state index contributed by atoms with van der Waals surface area (Å²) in [5.41, 5.74) is 8.80. The van der Waals surface area contributed by atoms with Crippen LogP contribution in [0.15, 0.2) is 48.5 Å². The van der Waals surface area contributed by atoms with Gasteiger partial charge in [-0.2, -0.15) is 0 Å². The van der Waals surface area contributed by atoms with Gasteiger partial charge in [0.05, 0.1) is 12.5 Å². The van der Waals surface area contributed by atoms with Gasteiger partial charge in [0.15, 0.2) is 0 Å². The van der Waals surface area contributed by atoms with Crippen molar-refractivity contribution in [3.8, 4) is 11.1 Å². The maximum Gasteiger partial charge on any atom is 0.328 e. The fourth-order valence-corrected chi connectivity index (χ4v) is 4.11. The number of esters is 1. The van der Waals surface area contributed by atoms with Crippen LogP contribution < -0.4 is 5.73 Å². The topological polar surface area (TPSA) is 110 Å². The van der Waals surface area contributed by atoms with Crippen LogP contribution in [0.4, 0.5) is 0 Å². The fraction of sp³-hybridized carbons (Fsp3) is 0.391. The lowest BCUT2D eigenvalue weighted by atomic mass is 9.83. The Hall–Kier alpha value is -2.70. The van der Waals surface area contributed by atoms with Crippen LogP contribution in [-0.4, -0.2) is 40.4 Å². The summed E-state index contributed by atoms with van der Waals surface area (Å²) >= 11 is 0. The van der Waals surface area contributed by atoms with Crippen molar-refractivity contribution >= 4 is 11.9 Å². The molecule has 0 heterocycles. The summed E-state index contributed by atoms with van der Waals surface area (Å²) in [6.45, 7) is 3.78. The van der Waals surface area contributed by atoms with E-state index >= 15 is 0 Å². The van der Waals surface area contributed by atoms with Gasteiger partial charge in [0, 0.05) is 5.92 Å². The molecule has 1 aliphatic rings. The predicted octanol–water partition coefficient (Wildman–Crippen LogP) is 2.92. The van der Waals surface area contributed by atoms with Crippen molar-refractivity contribution in [1.82, 2.24) is 0 Å². The standard InChI is InChI=1S/C23H27NO5/c1-14(2)12-23(24,20(25)11-21(26)27)22(28)29-13-19-17-9-5-3-7-15(17)16-8-4-6-10-18(16)19/h3-10,14,19-20,25H,11-13,24H2,1-2H3,(H,26,27)/t20-,23-/m0/s1. The first-order chi connectivity index (χ1) is 13.7. The summed E-state index contributed by atoms with van der Waals surface area (Å²) < 4.78 is 5.59. The summed E-state index contributed by atoms with van der Waals surface area (Å²) in [6.07, 6.45) is -2.02. The van der Waals surface area contributed by atoms with Crippen LogP contribution in [0.3, 0.4) is 0 Å². The lowest BCUT2D eigenvalue weighted by molar-refractivity contribution is -0.158. The van der Waals surface area contributed by atoms with Gasteiger partial charge in [-0.15, -0.1) is 0 Å². The number of carboxylic acid groups (broad SMARTS) is 1. The van der Waals surface area contributed by atoms with Gasteiger partial charge >= 0.3 is 11.9 Å². The summed E-state index contributed by atoms with van der Waals surface area (Å²) in [5.74, 6) is -2.15. The zero-order valence-electron chi connectivity index (χ0n) is 16.7. The molecule has 6 heteroatoms. The zero-order valence-corrected chi connectivity index (χ0v) is 16.7. The maximum absolute atomic E-state index is 12.9. The van der Waals surface area contributed by atoms with Crippen LogP contribution in [0.2, 0.25) is 0 Å². The number of fused-ring (bicyclic) bond motifs is 3. The number of rotatable bonds is 8. The molecule has 0 fully saturated rings. The minimum absolute atomic E-state index is 0.0241. The number of hydrogen-bond donors (Lipinski definition) is 3. The number of benzene rings is 2. The highest BCUT2D eigenvalue weighted by Gasteiger charge is 2.45. The molecule has 0 unspecified atom stereocenters. The number of nitrogens with two attached hydrogens (primary N) is 1. The average molecular weight is 397 g/mol. The van der Waals surface area contributed by atoms with Crippen LogP contribution in [0.5, 0.6) is 0 Å². The Bertz CT molecular complexity index is 864. The van der Waals surface area contributed by atoms with E-state index in [0.717, 1.165) is 22.3 Å². The van der Waals surface area contributed by atoms with E-state index in [0.29, 0.717) is 0 Å². The molecule has 29 heavy (non-hydrogen) atoms. The molecule has 1 aliphatic carbocycles. The molecular formula is C23H27NO5. The Kier molecular flexibility index (Phi) is 6.05. The number of aliphatic hydroxyl groups is 1. The zero-order chi connectivity index (χ0) is 21.2. The Balaban J connectivity index is 1.82. The number of carbonyl (C=O) groups is 2. The maximum atomic E-state index is 12.9. The summed E-state index contributed by atoms with van der Waals surface area (Å²) in [6, 6.07) is 15.9. The van der Waals surface area contributed by atoms with E-state index in [1.54, 1.807) is 0 Å². The van der Waals surface area contributed by atoms with Crippen molar-refractivity contribution < 1.29 is 24.5 Å². The molecule has 0 amide bonds. The normalized spacial score (nSPS) is 16.0. The number of aliphatic carboxylic acids is 1. The second-order valence-corrected chi connectivity index (χ2v) is 8.08. The first kappa shape index (κ1) is 21.0. The first-order valence-corrected chi connectivity index (χ1v) is 9.78. The van der Waals surface area contributed by atoms with Gasteiger partial charge in [0.2, 0.25) is 0 Å². The van der Waals surface area contributed by atoms with Crippen molar-refractivity contribution in [2.75, 3.05) is 6.61 Å². The summed E-state index contributed by atoms with van der Waals surface area (Å²) in [5, 5.41) is 19.4. The number of carboxylic acids is 1. The molecule has 0 saturated heterocycles. The third-order valence-corrected chi connectivity index (χ3v) is 5.43. The largest absolute Gasteiger partial charge is 0.481 e. The molecule has 2 aromatic carbocycles. The van der Waals surface area contributed by atoms with Crippen molar-refractivity contribution in [1.29, 1.82) is 0 Å². The molecule has 0 aromatic heterocycles. The van der Waals surface area contributed by atoms with Crippen molar-refractivity contribution in [3.63, 3.8) is 0 Å². The molecule has 4 N–H and O–H groups in total. The Morgan fingerprint density at radius 2 is 1.59 bits per heavy atom. The third kappa shape index (κ3) is 4.18. The van der Waals surface area contributed by atoms with Crippen LogP contribution >= 0.6 is 0 Å². The number of ether oxygens (including phenoxy) is 1. The van der Waals surface area contributed by atoms with Gasteiger partial charge in [0.25, 0.3) is 0 Å². The minimum Gasteiger partial charge on any atom is -0.481 e. The van der Waals surface area contributed by atoms with Crippen LogP contribution in [0.1, 0.15) is 43.7 Å². The van der Waals surface area contributed by atoms with Gasteiger partial charge in [-0.05, 0) is 34.6 Å². The first-order valence-electron chi connectivity index (χ1n) is 9.78. The molecule has 0 spiro atoms. The van der Waals surface area contributed by atoms with Gasteiger partial charge < -0.3 is 20.7 Å². The molecule has 2 atom stereocenters. The lowest BCUT2D eigenvalue weighted by Crippen LogP contribution is -2.59. The van der Waals surface area contributed by atoms with E-state index in [4.69, 9.17) is 15.6 Å². The molecule has 6 nitrogen and oxygen atoms in total. The second-order valence-electron chi connectivity index (χ2n) is 8.08. The smallest absolute Gasteiger partial charge is 0.328 e. The molecule has 0 bridgehead atoms. The lowest BCUT2D eigenvalue weighted by Gasteiger charge is -2.33. The van der Waals surface area contributed by atoms with Gasteiger partial charge in [-0.3, -0.25) is 4.79 Å². The van der Waals surface area contributed by atoms with Crippen LogP contribution in [0, 0.1) is 5.92 Å². The van der Waals surface area contributed by atoms with Gasteiger partial charge in [0.1, 0.15) is 12.1 Å². The van der Waals surface area contributed by atoms with Crippen LogP contribution in [-0.2, 0) is 14.3 Å². The molecular weight excluding hydrogens is 370 g/mol. The van der Waals surface area contributed by atoms with Gasteiger partial charge in [-0.25, -0.2) is 4.79 Å². The summed E-state index contributed by atoms with van der Waals surface area (Å²) in [4.78, 5) is 23.9. The SMILES string of the molecule is CC(C)C[C@@](N)(C(=O)OCC1c2ccccc2-c2ccccc21)[C@@H](O)CC(=O)O. The molecule has 0 radical (unpaired) electrons. The quantitative estimate of drug-likeness (QED) is 0.591. The molecule has 0 saturated carbocycles. The van der Waals surface area contributed by atoms with Crippen molar-refractivity contribution in [2.45, 2.75) is 44.2 Å². The van der Waals surface area contributed by atoms with E-state index in [1.807, 2.05) is 62.4 Å². The van der Waals surface area contributed by atoms with E-state index in [2.05, 4.69) is 0 Å². The van der Waals surface area contributed by atoms with E-state index in [9.17, 15) is 14.7 Å². The number of carbonyl (C=O) groups excluding carboxylic acids is 1. The average Bonchev–Trinajstić information content (AvgIpc) is 2.99. The molecule has 0 aliphatic heterocycles. The highest BCUT2D eigenvalue weighted by atomic mass is 16.5. The van der Waals surface area contributed by atoms with E-state index in [-0.39, 0.29) is 24.9 Å². The Morgan fingerprint density at radius 3 is 2.07 bits per heavy atom. The number of aliphatic hydroxyl groups excluding tert-OH is 1. The van der Waals surface area contributed by atoms with E-state index in [1.165, 1.54) is 0 Å². The van der Waals surface area contributed by atoms with Crippen LogP contribution in [0.25, 0.3) is 11.1 Å². The predicted molar refractivity (Wildman–Crippen MR) is 109 cm³/mol. The third-order valence-electron chi connectivity index (χ3n) is 5.43. The Labute approximate surface area is 170 Å². The van der Waals surface area contributed by atoms with Crippen molar-refractivity contribution in [2.24, 2.45) is 11.7 Å². The molecule has 3 rings (SSSR count). The van der Waals surface area contributed by atoms with Gasteiger partial charge in [-0.1, -0.05) is 62.4 Å². The molecule has 154 valence electrons. The van der Waals surface area contributed by atoms with E-state index < -0.39 is 30.0 Å². The fourth-order valence-electron chi connectivity index (χ4n) is 4.11. The highest BCUT2D eigenvalue weighted by Crippen LogP contribution is 2.44. The monoisotopic (exact) mass is 397 g/mol. The number of hydrogen-bond acceptors (Lipinski definition) is 5. The Morgan fingerprint density at radius 1 is 1.07 bits per heavy atom. The van der Waals surface area contributed by atoms with Crippen molar-refractivity contribution in [3.05, 3.63) is 59.7 Å². The summed E-state index contributed by atoms with van der Waals surface area (Å²) in [7, 11) is 0.